The number of rotatable bonds is 4. The lowest BCUT2D eigenvalue weighted by Crippen LogP contribution is -2.19. The molecule has 0 spiro atoms. The van der Waals surface area contributed by atoms with Crippen LogP contribution in [0.15, 0.2) is 42.6 Å². The third kappa shape index (κ3) is 3.32. The summed E-state index contributed by atoms with van der Waals surface area (Å²) >= 11 is 0. The summed E-state index contributed by atoms with van der Waals surface area (Å²) in [5.41, 5.74) is 3.19. The predicted octanol–water partition coefficient (Wildman–Crippen LogP) is 3.08. The lowest BCUT2D eigenvalue weighted by molar-refractivity contribution is 0.199. The van der Waals surface area contributed by atoms with Crippen LogP contribution in [-0.2, 0) is 6.54 Å². The van der Waals surface area contributed by atoms with Crippen LogP contribution in [0, 0.1) is 6.92 Å². The van der Waals surface area contributed by atoms with Crippen LogP contribution in [0.25, 0.3) is 0 Å². The van der Waals surface area contributed by atoms with Crippen LogP contribution in [0.5, 0.6) is 0 Å². The Kier molecular flexibility index (Phi) is 4.17. The molecule has 19 heavy (non-hydrogen) atoms. The molecule has 100 valence electrons. The lowest BCUT2D eigenvalue weighted by Gasteiger charge is -2.21. The molecule has 0 unspecified atom stereocenters. The molecule has 0 amide bonds. The van der Waals surface area contributed by atoms with E-state index in [1.54, 1.807) is 13.1 Å². The van der Waals surface area contributed by atoms with Crippen molar-refractivity contribution in [1.29, 1.82) is 0 Å². The largest absolute Gasteiger partial charge is 0.389 e. The monoisotopic (exact) mass is 256 g/mol. The van der Waals surface area contributed by atoms with E-state index < -0.39 is 6.10 Å². The van der Waals surface area contributed by atoms with Crippen LogP contribution in [-0.4, -0.2) is 17.1 Å². The van der Waals surface area contributed by atoms with Crippen LogP contribution in [0.3, 0.4) is 0 Å². The second-order valence-corrected chi connectivity index (χ2v) is 4.93. The van der Waals surface area contributed by atoms with Crippen molar-refractivity contribution < 1.29 is 5.11 Å². The molecule has 0 fully saturated rings. The zero-order valence-corrected chi connectivity index (χ0v) is 11.7. The van der Waals surface area contributed by atoms with Gasteiger partial charge in [-0.15, -0.1) is 0 Å². The molecule has 0 aliphatic carbocycles. The Morgan fingerprint density at radius 1 is 1.26 bits per heavy atom. The molecule has 1 atom stereocenters. The Hall–Kier alpha value is -1.87. The van der Waals surface area contributed by atoms with Gasteiger partial charge in [0, 0.05) is 19.8 Å². The minimum Gasteiger partial charge on any atom is -0.389 e. The van der Waals surface area contributed by atoms with E-state index in [1.165, 1.54) is 5.56 Å². The number of aryl methyl sites for hydroxylation is 1. The predicted molar refractivity (Wildman–Crippen MR) is 78.2 cm³/mol. The van der Waals surface area contributed by atoms with Crippen molar-refractivity contribution in [2.75, 3.05) is 11.9 Å². The van der Waals surface area contributed by atoms with E-state index in [0.29, 0.717) is 0 Å². The van der Waals surface area contributed by atoms with E-state index >= 15 is 0 Å². The van der Waals surface area contributed by atoms with Crippen LogP contribution in [0.4, 0.5) is 5.82 Å². The van der Waals surface area contributed by atoms with Gasteiger partial charge in [0.25, 0.3) is 0 Å². The minimum atomic E-state index is -0.473. The number of anilines is 1. The molecule has 1 heterocycles. The molecule has 2 aromatic rings. The molecule has 2 rings (SSSR count). The van der Waals surface area contributed by atoms with Gasteiger partial charge >= 0.3 is 0 Å². The van der Waals surface area contributed by atoms with Gasteiger partial charge in [-0.3, -0.25) is 0 Å². The molecule has 0 saturated carbocycles. The molecular weight excluding hydrogens is 236 g/mol. The van der Waals surface area contributed by atoms with E-state index in [9.17, 15) is 5.11 Å². The second-order valence-electron chi connectivity index (χ2n) is 4.93. The molecule has 0 aliphatic rings. The standard InChI is InChI=1S/C16H20N2O/c1-12-9-15(13(2)19)10-17-16(12)18(3)11-14-7-5-4-6-8-14/h4-10,13,19H,11H2,1-3H3/t13-/m0/s1. The molecule has 0 radical (unpaired) electrons. The molecular formula is C16H20N2O. The minimum absolute atomic E-state index is 0.473. The van der Waals surface area contributed by atoms with Gasteiger partial charge in [-0.05, 0) is 36.6 Å². The maximum atomic E-state index is 9.56. The SMILES string of the molecule is Cc1cc([C@H](C)O)cnc1N(C)Cc1ccccc1. The zero-order chi connectivity index (χ0) is 13.8. The fourth-order valence-corrected chi connectivity index (χ4v) is 2.15. The molecule has 3 heteroatoms. The molecule has 1 aromatic heterocycles. The summed E-state index contributed by atoms with van der Waals surface area (Å²) < 4.78 is 0. The summed E-state index contributed by atoms with van der Waals surface area (Å²) in [6, 6.07) is 12.3. The first-order valence-corrected chi connectivity index (χ1v) is 6.47. The summed E-state index contributed by atoms with van der Waals surface area (Å²) in [5, 5.41) is 9.56. The number of nitrogens with zero attached hydrogens (tertiary/aromatic N) is 2. The maximum Gasteiger partial charge on any atom is 0.131 e. The second kappa shape index (κ2) is 5.85. The highest BCUT2D eigenvalue weighted by atomic mass is 16.3. The Morgan fingerprint density at radius 2 is 1.95 bits per heavy atom. The summed E-state index contributed by atoms with van der Waals surface area (Å²) in [6.45, 7) is 4.60. The molecule has 0 aliphatic heterocycles. The van der Waals surface area contributed by atoms with E-state index in [-0.39, 0.29) is 0 Å². The summed E-state index contributed by atoms with van der Waals surface area (Å²) in [7, 11) is 2.03. The van der Waals surface area contributed by atoms with E-state index in [4.69, 9.17) is 0 Å². The van der Waals surface area contributed by atoms with Gasteiger partial charge in [0.2, 0.25) is 0 Å². The van der Waals surface area contributed by atoms with Gasteiger partial charge in [-0.25, -0.2) is 4.98 Å². The van der Waals surface area contributed by atoms with E-state index in [2.05, 4.69) is 22.0 Å². The average Bonchev–Trinajstić information content (AvgIpc) is 2.39. The highest BCUT2D eigenvalue weighted by Gasteiger charge is 2.09. The number of aromatic nitrogens is 1. The topological polar surface area (TPSA) is 36.4 Å². The van der Waals surface area contributed by atoms with Gasteiger partial charge < -0.3 is 10.0 Å². The third-order valence-corrected chi connectivity index (χ3v) is 3.18. The summed E-state index contributed by atoms with van der Waals surface area (Å²) in [5.74, 6) is 0.952. The number of hydrogen-bond acceptors (Lipinski definition) is 3. The smallest absolute Gasteiger partial charge is 0.131 e. The number of benzene rings is 1. The fourth-order valence-electron chi connectivity index (χ4n) is 2.15. The Morgan fingerprint density at radius 3 is 2.53 bits per heavy atom. The first-order valence-electron chi connectivity index (χ1n) is 6.47. The average molecular weight is 256 g/mol. The zero-order valence-electron chi connectivity index (χ0n) is 11.7. The van der Waals surface area contributed by atoms with Gasteiger partial charge in [-0.2, -0.15) is 0 Å². The third-order valence-electron chi connectivity index (χ3n) is 3.18. The van der Waals surface area contributed by atoms with Crippen LogP contribution >= 0.6 is 0 Å². The molecule has 0 saturated heterocycles. The first kappa shape index (κ1) is 13.6. The van der Waals surface area contributed by atoms with Gasteiger partial charge in [0.15, 0.2) is 0 Å². The van der Waals surface area contributed by atoms with Crippen LogP contribution < -0.4 is 4.90 Å². The van der Waals surface area contributed by atoms with Crippen molar-refractivity contribution in [3.05, 3.63) is 59.3 Å². The summed E-state index contributed by atoms with van der Waals surface area (Å²) in [6.07, 6.45) is 1.27. The summed E-state index contributed by atoms with van der Waals surface area (Å²) in [4.78, 5) is 6.58. The van der Waals surface area contributed by atoms with Crippen LogP contribution in [0.2, 0.25) is 0 Å². The van der Waals surface area contributed by atoms with E-state index in [1.807, 2.05) is 38.2 Å². The Labute approximate surface area is 114 Å². The lowest BCUT2D eigenvalue weighted by atomic mass is 10.1. The number of aliphatic hydroxyl groups is 1. The quantitative estimate of drug-likeness (QED) is 0.913. The molecule has 0 bridgehead atoms. The van der Waals surface area contributed by atoms with Crippen molar-refractivity contribution >= 4 is 5.82 Å². The number of aliphatic hydroxyl groups excluding tert-OH is 1. The maximum absolute atomic E-state index is 9.56. The van der Waals surface area contributed by atoms with Crippen molar-refractivity contribution in [3.8, 4) is 0 Å². The van der Waals surface area contributed by atoms with Crippen LogP contribution in [0.1, 0.15) is 29.7 Å². The number of pyridine rings is 1. The molecule has 3 nitrogen and oxygen atoms in total. The fraction of sp³-hybridized carbons (Fsp3) is 0.312. The van der Waals surface area contributed by atoms with Gasteiger partial charge in [0.1, 0.15) is 5.82 Å². The molecule has 1 aromatic carbocycles. The number of hydrogen-bond donors (Lipinski definition) is 1. The van der Waals surface area contributed by atoms with Crippen molar-refractivity contribution in [3.63, 3.8) is 0 Å². The Bertz CT molecular complexity index is 538. The van der Waals surface area contributed by atoms with Gasteiger partial charge in [0.05, 0.1) is 6.10 Å². The Balaban J connectivity index is 2.17. The van der Waals surface area contributed by atoms with Gasteiger partial charge in [-0.1, -0.05) is 30.3 Å². The highest BCUT2D eigenvalue weighted by molar-refractivity contribution is 5.47. The van der Waals surface area contributed by atoms with E-state index in [0.717, 1.165) is 23.5 Å². The van der Waals surface area contributed by atoms with Crippen molar-refractivity contribution in [2.24, 2.45) is 0 Å². The normalized spacial score (nSPS) is 12.2. The van der Waals surface area contributed by atoms with Crippen molar-refractivity contribution in [1.82, 2.24) is 4.98 Å². The highest BCUT2D eigenvalue weighted by Crippen LogP contribution is 2.21. The molecule has 1 N–H and O–H groups in total. The van der Waals surface area contributed by atoms with Crippen molar-refractivity contribution in [2.45, 2.75) is 26.5 Å². The first-order chi connectivity index (χ1) is 9.08.